The number of likely N-dealkylation sites (tertiary alicyclic amines) is 1. The second kappa shape index (κ2) is 11.3. The smallest absolute Gasteiger partial charge is 0.289 e. The van der Waals surface area contributed by atoms with Crippen molar-refractivity contribution >= 4 is 41.0 Å². The maximum Gasteiger partial charge on any atom is 0.289 e. The summed E-state index contributed by atoms with van der Waals surface area (Å²) in [6, 6.07) is 4.75. The van der Waals surface area contributed by atoms with Gasteiger partial charge in [0.1, 0.15) is 11.8 Å². The van der Waals surface area contributed by atoms with Crippen molar-refractivity contribution in [2.75, 3.05) is 19.7 Å². The van der Waals surface area contributed by atoms with Crippen molar-refractivity contribution in [2.24, 2.45) is 17.8 Å². The van der Waals surface area contributed by atoms with Gasteiger partial charge in [-0.3, -0.25) is 24.0 Å². The predicted octanol–water partition coefficient (Wildman–Crippen LogP) is 1.20. The molecule has 0 unspecified atom stereocenters. The van der Waals surface area contributed by atoms with Gasteiger partial charge in [0.25, 0.3) is 11.8 Å². The molecule has 2 aliphatic carbocycles. The molecule has 0 radical (unpaired) electrons. The Bertz CT molecular complexity index is 1110. The van der Waals surface area contributed by atoms with Gasteiger partial charge in [-0.1, -0.05) is 18.0 Å². The molecule has 5 atom stereocenters. The van der Waals surface area contributed by atoms with E-state index in [1.807, 2.05) is 0 Å². The number of hydrogen-bond donors (Lipinski definition) is 3. The van der Waals surface area contributed by atoms with Gasteiger partial charge in [0, 0.05) is 30.1 Å². The number of ketones is 1. The number of amides is 4. The predicted molar refractivity (Wildman–Crippen MR) is 137 cm³/mol. The van der Waals surface area contributed by atoms with E-state index in [1.54, 1.807) is 29.2 Å². The summed E-state index contributed by atoms with van der Waals surface area (Å²) < 4.78 is 5.65. The molecule has 2 aliphatic heterocycles. The average Bonchev–Trinajstić information content (AvgIpc) is 3.26. The third-order valence-electron chi connectivity index (χ3n) is 8.11. The Morgan fingerprint density at radius 3 is 2.53 bits per heavy atom. The van der Waals surface area contributed by atoms with Crippen LogP contribution in [0.4, 0.5) is 0 Å². The van der Waals surface area contributed by atoms with Crippen molar-refractivity contribution in [3.8, 4) is 5.75 Å². The third kappa shape index (κ3) is 5.95. The van der Waals surface area contributed by atoms with Gasteiger partial charge in [0.2, 0.25) is 17.6 Å². The minimum Gasteiger partial charge on any atom is -0.484 e. The van der Waals surface area contributed by atoms with Crippen LogP contribution in [0, 0.1) is 17.8 Å². The summed E-state index contributed by atoms with van der Waals surface area (Å²) in [6.45, 7) is 0.700. The first-order valence-electron chi connectivity index (χ1n) is 13.4. The van der Waals surface area contributed by atoms with E-state index in [0.29, 0.717) is 30.3 Å². The minimum atomic E-state index is -1.14. The molecule has 4 fully saturated rings. The first-order chi connectivity index (χ1) is 18.3. The molecule has 0 bridgehead atoms. The molecule has 38 heavy (non-hydrogen) atoms. The SMILES string of the molecule is O=C(NC1CC1)C(=O)[C@H](C[C@@H]1CCNC1=O)NC(=O)[C@@H]1[C@H]2CCC[C@H]2CN1C(=O)COc1ccc(Cl)cc1. The first-order valence-corrected chi connectivity index (χ1v) is 13.8. The summed E-state index contributed by atoms with van der Waals surface area (Å²) in [5, 5.41) is 8.76. The van der Waals surface area contributed by atoms with Crippen molar-refractivity contribution in [2.45, 2.75) is 63.1 Å². The summed E-state index contributed by atoms with van der Waals surface area (Å²) in [5.41, 5.74) is 0. The lowest BCUT2D eigenvalue weighted by atomic mass is 9.91. The number of nitrogens with zero attached hydrogens (tertiary/aromatic N) is 1. The van der Waals surface area contributed by atoms with Gasteiger partial charge in [-0.05, 0) is 74.6 Å². The zero-order valence-electron chi connectivity index (χ0n) is 21.1. The van der Waals surface area contributed by atoms with Crippen LogP contribution in [-0.2, 0) is 24.0 Å². The van der Waals surface area contributed by atoms with Gasteiger partial charge >= 0.3 is 0 Å². The number of ether oxygens (including phenoxy) is 1. The van der Waals surface area contributed by atoms with E-state index < -0.39 is 35.6 Å². The Kier molecular flexibility index (Phi) is 7.88. The topological polar surface area (TPSA) is 134 Å². The van der Waals surface area contributed by atoms with Crippen LogP contribution >= 0.6 is 11.6 Å². The summed E-state index contributed by atoms with van der Waals surface area (Å²) in [4.78, 5) is 66.4. The zero-order valence-corrected chi connectivity index (χ0v) is 21.9. The summed E-state index contributed by atoms with van der Waals surface area (Å²) in [6.07, 6.45) is 4.91. The molecule has 10 nitrogen and oxygen atoms in total. The van der Waals surface area contributed by atoms with E-state index in [0.717, 1.165) is 32.1 Å². The summed E-state index contributed by atoms with van der Waals surface area (Å²) in [5.74, 6) is -2.28. The maximum atomic E-state index is 13.7. The normalized spacial score (nSPS) is 26.9. The second-order valence-corrected chi connectivity index (χ2v) is 11.2. The molecular formula is C27H33ClN4O6. The Morgan fingerprint density at radius 1 is 1.08 bits per heavy atom. The Morgan fingerprint density at radius 2 is 1.84 bits per heavy atom. The van der Waals surface area contributed by atoms with Crippen LogP contribution in [0.5, 0.6) is 5.75 Å². The first kappa shape index (κ1) is 26.5. The van der Waals surface area contributed by atoms with Crippen LogP contribution in [0.25, 0.3) is 0 Å². The van der Waals surface area contributed by atoms with Crippen molar-refractivity contribution in [3.63, 3.8) is 0 Å². The number of nitrogens with one attached hydrogen (secondary N) is 3. The highest BCUT2D eigenvalue weighted by atomic mass is 35.5. The molecule has 204 valence electrons. The molecule has 4 amide bonds. The van der Waals surface area contributed by atoms with E-state index in [-0.39, 0.29) is 42.7 Å². The molecule has 0 aromatic heterocycles. The molecule has 1 aromatic carbocycles. The fourth-order valence-corrected chi connectivity index (χ4v) is 6.07. The van der Waals surface area contributed by atoms with E-state index >= 15 is 0 Å². The van der Waals surface area contributed by atoms with Gasteiger partial charge < -0.3 is 25.6 Å². The monoisotopic (exact) mass is 544 g/mol. The number of carbonyl (C=O) groups is 5. The molecule has 11 heteroatoms. The number of fused-ring (bicyclic) bond motifs is 1. The molecule has 1 aromatic rings. The number of halogens is 1. The average molecular weight is 545 g/mol. The summed E-state index contributed by atoms with van der Waals surface area (Å²) >= 11 is 5.91. The fourth-order valence-electron chi connectivity index (χ4n) is 5.94. The minimum absolute atomic E-state index is 0.0135. The lowest BCUT2D eigenvalue weighted by Crippen LogP contribution is -2.55. The number of carbonyl (C=O) groups excluding carboxylic acids is 5. The zero-order chi connectivity index (χ0) is 26.8. The molecule has 3 N–H and O–H groups in total. The van der Waals surface area contributed by atoms with Gasteiger partial charge in [0.15, 0.2) is 6.61 Å². The molecule has 2 heterocycles. The van der Waals surface area contributed by atoms with E-state index in [4.69, 9.17) is 16.3 Å². The van der Waals surface area contributed by atoms with Crippen molar-refractivity contribution in [3.05, 3.63) is 29.3 Å². The van der Waals surface area contributed by atoms with Gasteiger partial charge in [-0.15, -0.1) is 0 Å². The van der Waals surface area contributed by atoms with E-state index in [9.17, 15) is 24.0 Å². The van der Waals surface area contributed by atoms with Crippen molar-refractivity contribution in [1.29, 1.82) is 0 Å². The molecular weight excluding hydrogens is 512 g/mol. The lowest BCUT2D eigenvalue weighted by molar-refractivity contribution is -0.143. The van der Waals surface area contributed by atoms with Crippen LogP contribution in [-0.4, -0.2) is 72.1 Å². The van der Waals surface area contributed by atoms with Crippen LogP contribution in [0.1, 0.15) is 44.9 Å². The largest absolute Gasteiger partial charge is 0.484 e. The molecule has 2 saturated carbocycles. The van der Waals surface area contributed by atoms with Crippen LogP contribution in [0.2, 0.25) is 5.02 Å². The second-order valence-electron chi connectivity index (χ2n) is 10.8. The van der Waals surface area contributed by atoms with E-state index in [1.165, 1.54) is 0 Å². The molecule has 2 saturated heterocycles. The fraction of sp³-hybridized carbons (Fsp3) is 0.593. The molecule has 0 spiro atoms. The van der Waals surface area contributed by atoms with Crippen molar-refractivity contribution < 1.29 is 28.7 Å². The Balaban J connectivity index is 1.29. The standard InChI is InChI=1S/C27H33ClN4O6/c28-17-4-8-19(9-5-17)38-14-22(33)32-13-16-2-1-3-20(16)23(32)26(36)31-21(12-15-10-11-29-25(15)35)24(34)27(37)30-18-6-7-18/h4-5,8-9,15-16,18,20-21,23H,1-3,6-7,10-14H2,(H,29,35)(H,30,37)(H,31,36)/t15-,16-,20-,21-,23-/m0/s1. The van der Waals surface area contributed by atoms with Crippen molar-refractivity contribution in [1.82, 2.24) is 20.9 Å². The Labute approximate surface area is 226 Å². The summed E-state index contributed by atoms with van der Waals surface area (Å²) in [7, 11) is 0. The van der Waals surface area contributed by atoms with Crippen LogP contribution in [0.15, 0.2) is 24.3 Å². The number of hydrogen-bond acceptors (Lipinski definition) is 6. The van der Waals surface area contributed by atoms with Gasteiger partial charge in [-0.2, -0.15) is 0 Å². The van der Waals surface area contributed by atoms with Crippen LogP contribution < -0.4 is 20.7 Å². The number of Topliss-reactive ketones (excluding diaryl/α,β-unsaturated/α-hetero) is 1. The Hall–Kier alpha value is -3.14. The maximum absolute atomic E-state index is 13.7. The lowest BCUT2D eigenvalue weighted by Gasteiger charge is -2.29. The third-order valence-corrected chi connectivity index (χ3v) is 8.36. The van der Waals surface area contributed by atoms with Gasteiger partial charge in [-0.25, -0.2) is 0 Å². The molecule has 4 aliphatic rings. The highest BCUT2D eigenvalue weighted by Crippen LogP contribution is 2.42. The van der Waals surface area contributed by atoms with Crippen LogP contribution in [0.3, 0.4) is 0 Å². The van der Waals surface area contributed by atoms with Gasteiger partial charge in [0.05, 0.1) is 6.04 Å². The number of rotatable bonds is 10. The molecule has 5 rings (SSSR count). The quantitative estimate of drug-likeness (QED) is 0.379. The highest BCUT2D eigenvalue weighted by Gasteiger charge is 2.50. The van der Waals surface area contributed by atoms with E-state index in [2.05, 4.69) is 16.0 Å². The highest BCUT2D eigenvalue weighted by molar-refractivity contribution is 6.38. The number of benzene rings is 1.